The van der Waals surface area contributed by atoms with Crippen molar-refractivity contribution in [2.45, 2.75) is 3.98 Å². The van der Waals surface area contributed by atoms with Crippen LogP contribution in [0, 0.1) is 0 Å². The highest BCUT2D eigenvalue weighted by Crippen LogP contribution is 2.27. The highest BCUT2D eigenvalue weighted by atomic mass is 35.6. The largest absolute Gasteiger partial charge is 0.421 e. The van der Waals surface area contributed by atoms with Crippen molar-refractivity contribution in [2.75, 3.05) is 0 Å². The van der Waals surface area contributed by atoms with E-state index in [-0.39, 0.29) is 0 Å². The number of halogens is 3. The molecule has 0 saturated heterocycles. The summed E-state index contributed by atoms with van der Waals surface area (Å²) < 4.78 is 3.54. The number of hydrogen-bond acceptors (Lipinski definition) is 2. The molecule has 0 bridgehead atoms. The Morgan fingerprint density at radius 1 is 1.25 bits per heavy atom. The van der Waals surface area contributed by atoms with Gasteiger partial charge in [0.15, 0.2) is 0 Å². The van der Waals surface area contributed by atoms with Crippen LogP contribution in [-0.2, 0) is 4.74 Å². The molecule has 0 unspecified atom stereocenters. The fourth-order valence-corrected chi connectivity index (χ4v) is 0.806. The Hall–Kier alpha value is -0.380. The monoisotopic (exact) mass is 227 g/mol. The lowest BCUT2D eigenvalue weighted by atomic mass is 10.7. The second kappa shape index (κ2) is 3.56. The minimum atomic E-state index is -2.01. The van der Waals surface area contributed by atoms with Gasteiger partial charge in [0, 0.05) is 12.4 Å². The molecule has 0 fully saturated rings. The number of nitrogens with zero attached hydrogens (tertiary/aromatic N) is 1. The first-order valence-electron chi connectivity index (χ1n) is 2.92. The maximum absolute atomic E-state index is 11.0. The molecule has 6 heteroatoms. The Bertz CT molecular complexity index is 265. The van der Waals surface area contributed by atoms with E-state index in [0.717, 1.165) is 4.57 Å². The topological polar surface area (TPSA) is 31.2 Å². The lowest BCUT2D eigenvalue weighted by Crippen LogP contribution is -2.19. The van der Waals surface area contributed by atoms with Crippen LogP contribution in [-0.4, -0.2) is 14.6 Å². The van der Waals surface area contributed by atoms with Crippen LogP contribution in [0.15, 0.2) is 24.5 Å². The van der Waals surface area contributed by atoms with Gasteiger partial charge in [-0.3, -0.25) is 4.57 Å². The molecular formula is C6H4Cl3NO2. The zero-order valence-electron chi connectivity index (χ0n) is 5.71. The zero-order valence-corrected chi connectivity index (χ0v) is 7.97. The van der Waals surface area contributed by atoms with Gasteiger partial charge < -0.3 is 4.74 Å². The van der Waals surface area contributed by atoms with Crippen molar-refractivity contribution in [2.24, 2.45) is 0 Å². The molecule has 0 aliphatic rings. The Morgan fingerprint density at radius 2 is 1.75 bits per heavy atom. The molecule has 1 aromatic heterocycles. The molecule has 12 heavy (non-hydrogen) atoms. The summed E-state index contributed by atoms with van der Waals surface area (Å²) in [5.74, 6) is 0. The molecule has 0 spiro atoms. The molecule has 0 saturated carbocycles. The van der Waals surface area contributed by atoms with Gasteiger partial charge in [0.1, 0.15) is 0 Å². The Morgan fingerprint density at radius 3 is 2.17 bits per heavy atom. The predicted molar refractivity (Wildman–Crippen MR) is 46.6 cm³/mol. The number of rotatable bonds is 0. The summed E-state index contributed by atoms with van der Waals surface area (Å²) in [5, 5.41) is 0. The fourth-order valence-electron chi connectivity index (χ4n) is 0.608. The second-order valence-corrected chi connectivity index (χ2v) is 4.08. The zero-order chi connectivity index (χ0) is 9.19. The van der Waals surface area contributed by atoms with E-state index < -0.39 is 10.1 Å². The smallest absolute Gasteiger partial charge is 0.397 e. The van der Waals surface area contributed by atoms with E-state index in [4.69, 9.17) is 34.8 Å². The van der Waals surface area contributed by atoms with Crippen LogP contribution in [0.3, 0.4) is 0 Å². The second-order valence-electron chi connectivity index (χ2n) is 1.90. The van der Waals surface area contributed by atoms with Gasteiger partial charge in [-0.05, 0) is 46.9 Å². The number of carbonyl (C=O) groups excluding carboxylic acids is 1. The van der Waals surface area contributed by atoms with Crippen molar-refractivity contribution in [1.82, 2.24) is 4.57 Å². The molecule has 1 rings (SSSR count). The average Bonchev–Trinajstić information content (AvgIpc) is 2.32. The van der Waals surface area contributed by atoms with E-state index in [1.54, 1.807) is 12.1 Å². The van der Waals surface area contributed by atoms with Gasteiger partial charge in [-0.25, -0.2) is 4.79 Å². The van der Waals surface area contributed by atoms with Crippen molar-refractivity contribution in [3.63, 3.8) is 0 Å². The molecule has 0 atom stereocenters. The fraction of sp³-hybridized carbons (Fsp3) is 0.167. The summed E-state index contributed by atoms with van der Waals surface area (Å²) in [4.78, 5) is 11.0. The van der Waals surface area contributed by atoms with Crippen LogP contribution in [0.4, 0.5) is 4.79 Å². The highest BCUT2D eigenvalue weighted by molar-refractivity contribution is 6.66. The number of ether oxygens (including phenoxy) is 1. The van der Waals surface area contributed by atoms with E-state index in [0.29, 0.717) is 0 Å². The van der Waals surface area contributed by atoms with Crippen molar-refractivity contribution in [3.05, 3.63) is 24.5 Å². The van der Waals surface area contributed by atoms with E-state index in [2.05, 4.69) is 4.74 Å². The predicted octanol–water partition coefficient (Wildman–Crippen LogP) is 2.80. The first-order valence-corrected chi connectivity index (χ1v) is 4.05. The Kier molecular flexibility index (Phi) is 2.88. The summed E-state index contributed by atoms with van der Waals surface area (Å²) >= 11 is 15.7. The molecule has 0 radical (unpaired) electrons. The van der Waals surface area contributed by atoms with Gasteiger partial charge in [0.25, 0.3) is 0 Å². The normalized spacial score (nSPS) is 11.2. The molecule has 3 nitrogen and oxygen atoms in total. The van der Waals surface area contributed by atoms with Crippen molar-refractivity contribution < 1.29 is 9.53 Å². The summed E-state index contributed by atoms with van der Waals surface area (Å²) in [7, 11) is 0. The van der Waals surface area contributed by atoms with E-state index in [1.165, 1.54) is 12.4 Å². The lowest BCUT2D eigenvalue weighted by molar-refractivity contribution is 0.146. The number of alkyl halides is 3. The standard InChI is InChI=1S/C6H4Cl3NO2/c7-6(8,9)12-5(11)10-3-1-2-4-10/h1-4H. The summed E-state index contributed by atoms with van der Waals surface area (Å²) in [6.07, 6.45) is 2.23. The van der Waals surface area contributed by atoms with Crippen molar-refractivity contribution >= 4 is 40.9 Å². The van der Waals surface area contributed by atoms with Gasteiger partial charge in [0.05, 0.1) is 0 Å². The molecule has 0 N–H and O–H groups in total. The van der Waals surface area contributed by atoms with Gasteiger partial charge in [0.2, 0.25) is 0 Å². The van der Waals surface area contributed by atoms with Gasteiger partial charge in [-0.15, -0.1) is 0 Å². The van der Waals surface area contributed by atoms with E-state index in [1.807, 2.05) is 0 Å². The first-order chi connectivity index (χ1) is 5.49. The Balaban J connectivity index is 2.63. The molecule has 0 aliphatic heterocycles. The highest BCUT2D eigenvalue weighted by Gasteiger charge is 2.25. The summed E-state index contributed by atoms with van der Waals surface area (Å²) in [6.45, 7) is 0. The third-order valence-electron chi connectivity index (χ3n) is 1.02. The van der Waals surface area contributed by atoms with Crippen LogP contribution in [0.25, 0.3) is 0 Å². The van der Waals surface area contributed by atoms with E-state index >= 15 is 0 Å². The average molecular weight is 228 g/mol. The van der Waals surface area contributed by atoms with Crippen LogP contribution in [0.5, 0.6) is 0 Å². The molecule has 1 aromatic rings. The van der Waals surface area contributed by atoms with Crippen LogP contribution >= 0.6 is 34.8 Å². The SMILES string of the molecule is O=C(OC(Cl)(Cl)Cl)n1cccc1. The molecule has 1 heterocycles. The number of carbonyl (C=O) groups is 1. The van der Waals surface area contributed by atoms with Crippen molar-refractivity contribution in [3.8, 4) is 0 Å². The van der Waals surface area contributed by atoms with Crippen LogP contribution < -0.4 is 0 Å². The summed E-state index contributed by atoms with van der Waals surface area (Å²) in [6, 6.07) is 3.30. The minimum Gasteiger partial charge on any atom is -0.397 e. The Labute approximate surface area is 83.8 Å². The van der Waals surface area contributed by atoms with E-state index in [9.17, 15) is 4.79 Å². The molecular weight excluding hydrogens is 224 g/mol. The van der Waals surface area contributed by atoms with Crippen LogP contribution in [0.2, 0.25) is 0 Å². The maximum Gasteiger partial charge on any atom is 0.421 e. The van der Waals surface area contributed by atoms with Crippen LogP contribution in [0.1, 0.15) is 0 Å². The first kappa shape index (κ1) is 9.71. The molecule has 0 aromatic carbocycles. The van der Waals surface area contributed by atoms with Crippen molar-refractivity contribution in [1.29, 1.82) is 0 Å². The van der Waals surface area contributed by atoms with Gasteiger partial charge in [-0.1, -0.05) is 0 Å². The molecule has 66 valence electrons. The third-order valence-corrected chi connectivity index (χ3v) is 1.25. The number of hydrogen-bond donors (Lipinski definition) is 0. The lowest BCUT2D eigenvalue weighted by Gasteiger charge is -2.11. The maximum atomic E-state index is 11.0. The molecule has 0 aliphatic carbocycles. The quantitative estimate of drug-likeness (QED) is 0.639. The summed E-state index contributed by atoms with van der Waals surface area (Å²) in [5.41, 5.74) is 0. The third kappa shape index (κ3) is 2.93. The number of aromatic nitrogens is 1. The van der Waals surface area contributed by atoms with Gasteiger partial charge >= 0.3 is 10.1 Å². The van der Waals surface area contributed by atoms with Gasteiger partial charge in [-0.2, -0.15) is 0 Å². The minimum absolute atomic E-state index is 0.736. The molecule has 0 amide bonds.